The zero-order valence-electron chi connectivity index (χ0n) is 15.5. The molecule has 1 N–H and O–H groups in total. The van der Waals surface area contributed by atoms with Crippen LogP contribution in [-0.4, -0.2) is 63.2 Å². The number of carbonyl (C=O) groups excluding carboxylic acids is 1. The lowest BCUT2D eigenvalue weighted by Crippen LogP contribution is -2.47. The Balaban J connectivity index is 0.000000301. The number of carbonyl (C=O) groups is 1. The molecule has 0 unspecified atom stereocenters. The summed E-state index contributed by atoms with van der Waals surface area (Å²) in [5.74, 6) is 0. The Hall–Kier alpha value is -1.59. The Morgan fingerprint density at radius 2 is 1.88 bits per heavy atom. The Bertz CT molecular complexity index is 532. The van der Waals surface area contributed by atoms with E-state index >= 15 is 0 Å². The molecule has 1 aromatic carbocycles. The molecular weight excluding hydrogens is 302 g/mol. The van der Waals surface area contributed by atoms with Gasteiger partial charge >= 0.3 is 0 Å². The molecule has 0 bridgehead atoms. The van der Waals surface area contributed by atoms with Crippen molar-refractivity contribution >= 4 is 17.7 Å². The minimum Gasteiger partial charge on any atom is -0.384 e. The van der Waals surface area contributed by atoms with E-state index in [1.165, 1.54) is 16.9 Å². The minimum atomic E-state index is 0.0417. The highest BCUT2D eigenvalue weighted by Crippen LogP contribution is 2.32. The third-order valence-corrected chi connectivity index (χ3v) is 4.50. The second-order valence-electron chi connectivity index (χ2n) is 7.25. The summed E-state index contributed by atoms with van der Waals surface area (Å²) in [6, 6.07) is 6.51. The molecule has 0 saturated carbocycles. The van der Waals surface area contributed by atoms with Crippen molar-refractivity contribution in [1.82, 2.24) is 4.90 Å². The van der Waals surface area contributed by atoms with Crippen LogP contribution in [0.1, 0.15) is 26.3 Å². The fraction of sp³-hybridized carbons (Fsp3) is 0.632. The van der Waals surface area contributed by atoms with Crippen molar-refractivity contribution in [3.63, 3.8) is 0 Å². The summed E-state index contributed by atoms with van der Waals surface area (Å²) in [7, 11) is 1.71. The molecule has 2 aliphatic rings. The van der Waals surface area contributed by atoms with Gasteiger partial charge in [0, 0.05) is 56.8 Å². The molecule has 2 aliphatic heterocycles. The minimum absolute atomic E-state index is 0.0417. The molecule has 1 fully saturated rings. The van der Waals surface area contributed by atoms with Crippen molar-refractivity contribution in [2.75, 3.05) is 56.6 Å². The molecule has 3 rings (SSSR count). The van der Waals surface area contributed by atoms with Crippen LogP contribution in [0.25, 0.3) is 0 Å². The first-order valence-corrected chi connectivity index (χ1v) is 8.76. The summed E-state index contributed by atoms with van der Waals surface area (Å²) >= 11 is 0. The summed E-state index contributed by atoms with van der Waals surface area (Å²) in [5.41, 5.74) is 4.17. The number of ether oxygens (including phenoxy) is 1. The molecule has 0 amide bonds. The SMILES string of the molecule is COC(C)(C)C.O=CCN1CCN(c2cccc3c2CCN3)CC1. The molecule has 0 aliphatic carbocycles. The average Bonchev–Trinajstić information content (AvgIpc) is 3.04. The van der Waals surface area contributed by atoms with Crippen molar-refractivity contribution in [3.8, 4) is 0 Å². The monoisotopic (exact) mass is 333 g/mol. The van der Waals surface area contributed by atoms with Crippen molar-refractivity contribution in [1.29, 1.82) is 0 Å². The molecule has 24 heavy (non-hydrogen) atoms. The van der Waals surface area contributed by atoms with Gasteiger partial charge < -0.3 is 19.7 Å². The molecule has 1 saturated heterocycles. The number of piperazine rings is 1. The van der Waals surface area contributed by atoms with Crippen molar-refractivity contribution in [3.05, 3.63) is 23.8 Å². The van der Waals surface area contributed by atoms with Gasteiger partial charge in [0.15, 0.2) is 0 Å². The van der Waals surface area contributed by atoms with E-state index in [0.717, 1.165) is 45.4 Å². The number of nitrogens with one attached hydrogen (secondary N) is 1. The largest absolute Gasteiger partial charge is 0.384 e. The van der Waals surface area contributed by atoms with Crippen LogP contribution in [0.15, 0.2) is 18.2 Å². The number of hydrogen-bond acceptors (Lipinski definition) is 5. The highest BCUT2D eigenvalue weighted by molar-refractivity contribution is 5.69. The predicted octanol–water partition coefficient (Wildman–Crippen LogP) is 2.41. The molecule has 0 aromatic heterocycles. The van der Waals surface area contributed by atoms with Crippen molar-refractivity contribution in [2.45, 2.75) is 32.8 Å². The first-order chi connectivity index (χ1) is 11.4. The van der Waals surface area contributed by atoms with E-state index in [4.69, 9.17) is 4.74 Å². The van der Waals surface area contributed by atoms with Crippen LogP contribution in [0, 0.1) is 0 Å². The van der Waals surface area contributed by atoms with E-state index in [0.29, 0.717) is 6.54 Å². The van der Waals surface area contributed by atoms with E-state index < -0.39 is 0 Å². The molecule has 0 atom stereocenters. The van der Waals surface area contributed by atoms with Gasteiger partial charge in [0.05, 0.1) is 12.1 Å². The fourth-order valence-corrected chi connectivity index (χ4v) is 2.90. The van der Waals surface area contributed by atoms with Gasteiger partial charge in [-0.15, -0.1) is 0 Å². The number of anilines is 2. The van der Waals surface area contributed by atoms with Crippen LogP contribution in [-0.2, 0) is 16.0 Å². The zero-order chi connectivity index (χ0) is 17.6. The second-order valence-corrected chi connectivity index (χ2v) is 7.25. The van der Waals surface area contributed by atoms with E-state index in [2.05, 4.69) is 33.3 Å². The summed E-state index contributed by atoms with van der Waals surface area (Å²) in [6.07, 6.45) is 2.12. The third kappa shape index (κ3) is 5.21. The van der Waals surface area contributed by atoms with Crippen molar-refractivity contribution in [2.24, 2.45) is 0 Å². The number of methoxy groups -OCH3 is 1. The number of rotatable bonds is 3. The highest BCUT2D eigenvalue weighted by Gasteiger charge is 2.21. The molecule has 1 aromatic rings. The molecular formula is C19H31N3O2. The lowest BCUT2D eigenvalue weighted by Gasteiger charge is -2.36. The van der Waals surface area contributed by atoms with Crippen LogP contribution < -0.4 is 10.2 Å². The van der Waals surface area contributed by atoms with Gasteiger partial charge in [-0.25, -0.2) is 0 Å². The zero-order valence-corrected chi connectivity index (χ0v) is 15.5. The van der Waals surface area contributed by atoms with E-state index in [1.54, 1.807) is 7.11 Å². The number of benzene rings is 1. The lowest BCUT2D eigenvalue weighted by molar-refractivity contribution is -0.108. The van der Waals surface area contributed by atoms with Gasteiger partial charge in [-0.1, -0.05) is 6.07 Å². The molecule has 0 radical (unpaired) electrons. The third-order valence-electron chi connectivity index (χ3n) is 4.50. The molecule has 0 spiro atoms. The quantitative estimate of drug-likeness (QED) is 0.861. The lowest BCUT2D eigenvalue weighted by atomic mass is 10.1. The fourth-order valence-electron chi connectivity index (χ4n) is 2.90. The first kappa shape index (κ1) is 18.7. The van der Waals surface area contributed by atoms with Gasteiger partial charge in [0.1, 0.15) is 6.29 Å². The molecule has 2 heterocycles. The number of nitrogens with zero attached hydrogens (tertiary/aromatic N) is 2. The van der Waals surface area contributed by atoms with Gasteiger partial charge in [-0.3, -0.25) is 4.90 Å². The van der Waals surface area contributed by atoms with Crippen LogP contribution in [0.5, 0.6) is 0 Å². The van der Waals surface area contributed by atoms with Crippen LogP contribution >= 0.6 is 0 Å². The maximum Gasteiger partial charge on any atom is 0.133 e. The number of fused-ring (bicyclic) bond motifs is 1. The highest BCUT2D eigenvalue weighted by atomic mass is 16.5. The van der Waals surface area contributed by atoms with Gasteiger partial charge in [-0.05, 0) is 39.3 Å². The van der Waals surface area contributed by atoms with Gasteiger partial charge in [0.25, 0.3) is 0 Å². The first-order valence-electron chi connectivity index (χ1n) is 8.76. The van der Waals surface area contributed by atoms with Gasteiger partial charge in [0.2, 0.25) is 0 Å². The van der Waals surface area contributed by atoms with Crippen LogP contribution in [0.2, 0.25) is 0 Å². The standard InChI is InChI=1S/C14H19N3O.C5H12O/c18-11-10-16-6-8-17(9-7-16)14-3-1-2-13-12(14)4-5-15-13;1-5(2,3)6-4/h1-3,11,15H,4-10H2;1-4H3. The van der Waals surface area contributed by atoms with E-state index in [1.807, 2.05) is 20.8 Å². The summed E-state index contributed by atoms with van der Waals surface area (Å²) in [5, 5.41) is 3.43. The Morgan fingerprint density at radius 3 is 2.46 bits per heavy atom. The maximum absolute atomic E-state index is 10.5. The predicted molar refractivity (Wildman–Crippen MR) is 100 cm³/mol. The normalized spacial score (nSPS) is 17.6. The van der Waals surface area contributed by atoms with Crippen LogP contribution in [0.3, 0.4) is 0 Å². The topological polar surface area (TPSA) is 44.8 Å². The summed E-state index contributed by atoms with van der Waals surface area (Å²) < 4.78 is 4.94. The van der Waals surface area contributed by atoms with Crippen LogP contribution in [0.4, 0.5) is 11.4 Å². The summed E-state index contributed by atoms with van der Waals surface area (Å²) in [4.78, 5) is 15.2. The number of aldehydes is 1. The average molecular weight is 333 g/mol. The van der Waals surface area contributed by atoms with Gasteiger partial charge in [-0.2, -0.15) is 0 Å². The van der Waals surface area contributed by atoms with E-state index in [9.17, 15) is 4.79 Å². The Labute approximate surface area is 146 Å². The number of hydrogen-bond donors (Lipinski definition) is 1. The Morgan fingerprint density at radius 1 is 1.21 bits per heavy atom. The second kappa shape index (κ2) is 8.49. The maximum atomic E-state index is 10.5. The smallest absolute Gasteiger partial charge is 0.133 e. The summed E-state index contributed by atoms with van der Waals surface area (Å²) in [6.45, 7) is 11.7. The van der Waals surface area contributed by atoms with E-state index in [-0.39, 0.29) is 5.60 Å². The Kier molecular flexibility index (Phi) is 6.63. The molecule has 134 valence electrons. The molecule has 5 nitrogen and oxygen atoms in total. The molecule has 5 heteroatoms. The van der Waals surface area contributed by atoms with Crippen molar-refractivity contribution < 1.29 is 9.53 Å².